The predicted molar refractivity (Wildman–Crippen MR) is 386 cm³/mol. The molecule has 0 heterocycles. The Labute approximate surface area is 581 Å². The van der Waals surface area contributed by atoms with Crippen LogP contribution < -0.4 is 0 Å². The maximum Gasteiger partial charge on any atom is 0.472 e. The van der Waals surface area contributed by atoms with Gasteiger partial charge < -0.3 is 33.8 Å². The highest BCUT2D eigenvalue weighted by molar-refractivity contribution is 7.47. The summed E-state index contributed by atoms with van der Waals surface area (Å²) in [6, 6.07) is 0. The normalized spacial score (nSPS) is 14.7. The van der Waals surface area contributed by atoms with Gasteiger partial charge in [-0.15, -0.1) is 0 Å². The van der Waals surface area contributed by atoms with Crippen molar-refractivity contribution in [2.75, 3.05) is 39.6 Å². The van der Waals surface area contributed by atoms with E-state index in [2.05, 4.69) is 55.4 Å². The molecule has 0 amide bonds. The number of aliphatic hydroxyl groups excluding tert-OH is 1. The molecule has 7 atom stereocenters. The predicted octanol–water partition coefficient (Wildman–Crippen LogP) is 22.0. The fraction of sp³-hybridized carbons (Fsp3) is 0.947. The molecule has 0 bridgehead atoms. The zero-order chi connectivity index (χ0) is 70.3. The molecule has 0 aliphatic carbocycles. The van der Waals surface area contributed by atoms with Gasteiger partial charge in [0.15, 0.2) is 12.2 Å². The van der Waals surface area contributed by atoms with Crippen LogP contribution in [-0.2, 0) is 65.4 Å². The van der Waals surface area contributed by atoms with E-state index in [9.17, 15) is 43.2 Å². The third kappa shape index (κ3) is 67.6. The average Bonchev–Trinajstić information content (AvgIpc) is 1.95. The molecular weight excluding hydrogens is 1250 g/mol. The molecule has 564 valence electrons. The molecule has 3 N–H and O–H groups in total. The van der Waals surface area contributed by atoms with Gasteiger partial charge in [0.2, 0.25) is 0 Å². The number of unbranched alkanes of at least 4 members (excludes halogenated alkanes) is 37. The number of aliphatic hydroxyl groups is 1. The van der Waals surface area contributed by atoms with Crippen molar-refractivity contribution in [1.29, 1.82) is 0 Å². The number of carbonyl (C=O) groups is 4. The molecule has 0 aromatic carbocycles. The molecule has 0 spiro atoms. The summed E-state index contributed by atoms with van der Waals surface area (Å²) in [4.78, 5) is 72.8. The van der Waals surface area contributed by atoms with E-state index in [0.717, 1.165) is 120 Å². The summed E-state index contributed by atoms with van der Waals surface area (Å²) in [6.07, 6.45) is 50.0. The second-order valence-corrected chi connectivity index (χ2v) is 31.7. The van der Waals surface area contributed by atoms with Gasteiger partial charge in [-0.05, 0) is 49.4 Å². The van der Waals surface area contributed by atoms with Crippen LogP contribution in [0.3, 0.4) is 0 Å². The van der Waals surface area contributed by atoms with Crippen LogP contribution in [0.1, 0.15) is 383 Å². The molecule has 0 radical (unpaired) electrons. The second kappa shape index (κ2) is 65.4. The first-order valence-electron chi connectivity index (χ1n) is 39.3. The Balaban J connectivity index is 5.23. The lowest BCUT2D eigenvalue weighted by Gasteiger charge is -2.21. The number of hydrogen-bond acceptors (Lipinski definition) is 15. The molecule has 17 nitrogen and oxygen atoms in total. The van der Waals surface area contributed by atoms with Crippen LogP contribution in [0.25, 0.3) is 0 Å². The van der Waals surface area contributed by atoms with Gasteiger partial charge in [0.1, 0.15) is 19.3 Å². The van der Waals surface area contributed by atoms with Gasteiger partial charge >= 0.3 is 39.5 Å². The van der Waals surface area contributed by atoms with E-state index in [1.807, 2.05) is 0 Å². The number of phosphoric ester groups is 2. The third-order valence-electron chi connectivity index (χ3n) is 18.3. The van der Waals surface area contributed by atoms with Crippen LogP contribution in [0, 0.1) is 23.7 Å². The summed E-state index contributed by atoms with van der Waals surface area (Å²) in [5.74, 6) is 0.955. The summed E-state index contributed by atoms with van der Waals surface area (Å²) >= 11 is 0. The van der Waals surface area contributed by atoms with Crippen molar-refractivity contribution in [3.05, 3.63) is 0 Å². The fourth-order valence-corrected chi connectivity index (χ4v) is 13.1. The quantitative estimate of drug-likeness (QED) is 0.0222. The van der Waals surface area contributed by atoms with Crippen LogP contribution in [0.4, 0.5) is 0 Å². The largest absolute Gasteiger partial charge is 0.472 e. The Morgan fingerprint density at radius 1 is 0.295 bits per heavy atom. The van der Waals surface area contributed by atoms with E-state index >= 15 is 0 Å². The molecule has 95 heavy (non-hydrogen) atoms. The Kier molecular flexibility index (Phi) is 64.0. The van der Waals surface area contributed by atoms with Crippen molar-refractivity contribution in [2.24, 2.45) is 23.7 Å². The van der Waals surface area contributed by atoms with Crippen molar-refractivity contribution in [1.82, 2.24) is 0 Å². The van der Waals surface area contributed by atoms with Crippen LogP contribution in [-0.4, -0.2) is 96.7 Å². The summed E-state index contributed by atoms with van der Waals surface area (Å²) in [5, 5.41) is 10.6. The fourth-order valence-electron chi connectivity index (χ4n) is 11.5. The molecule has 19 heteroatoms. The molecule has 0 saturated carbocycles. The molecular formula is C76H148O17P2. The monoisotopic (exact) mass is 1400 g/mol. The SMILES string of the molecule is CCC(C)CCCCCCCCCCC(=O)O[C@H](COC(=O)CCCCCCCCC(C)CC)COP(=O)(O)OC[C@H](O)COP(=O)(O)OC[C@@H](COC(=O)CCCCCCCCCCCCCCCCCCC(C)C)OC(=O)CCCCCCCCCCCCCC(C)C. The highest BCUT2D eigenvalue weighted by atomic mass is 31.2. The summed E-state index contributed by atoms with van der Waals surface area (Å²) in [5.41, 5.74) is 0. The van der Waals surface area contributed by atoms with Crippen molar-refractivity contribution in [3.8, 4) is 0 Å². The zero-order valence-electron chi connectivity index (χ0n) is 62.3. The molecule has 4 unspecified atom stereocenters. The Bertz CT molecular complexity index is 1870. The highest BCUT2D eigenvalue weighted by Gasteiger charge is 2.30. The minimum atomic E-state index is -4.96. The number of carbonyl (C=O) groups excluding carboxylic acids is 4. The van der Waals surface area contributed by atoms with Gasteiger partial charge in [0, 0.05) is 25.7 Å². The smallest absolute Gasteiger partial charge is 0.462 e. The van der Waals surface area contributed by atoms with Crippen LogP contribution >= 0.6 is 15.6 Å². The van der Waals surface area contributed by atoms with E-state index in [1.165, 1.54) is 180 Å². The first-order valence-corrected chi connectivity index (χ1v) is 42.3. The molecule has 0 fully saturated rings. The highest BCUT2D eigenvalue weighted by Crippen LogP contribution is 2.45. The zero-order valence-corrected chi connectivity index (χ0v) is 64.1. The lowest BCUT2D eigenvalue weighted by atomic mass is 9.99. The molecule has 0 saturated heterocycles. The van der Waals surface area contributed by atoms with Gasteiger partial charge in [-0.2, -0.15) is 0 Å². The second-order valence-electron chi connectivity index (χ2n) is 28.8. The Morgan fingerprint density at radius 3 is 0.747 bits per heavy atom. The lowest BCUT2D eigenvalue weighted by Crippen LogP contribution is -2.30. The van der Waals surface area contributed by atoms with Gasteiger partial charge in [-0.1, -0.05) is 331 Å². The van der Waals surface area contributed by atoms with Crippen molar-refractivity contribution in [3.63, 3.8) is 0 Å². The molecule has 0 aromatic rings. The van der Waals surface area contributed by atoms with Gasteiger partial charge in [-0.3, -0.25) is 37.3 Å². The van der Waals surface area contributed by atoms with Gasteiger partial charge in [0.05, 0.1) is 26.4 Å². The third-order valence-corrected chi connectivity index (χ3v) is 20.2. The topological polar surface area (TPSA) is 237 Å². The minimum Gasteiger partial charge on any atom is -0.462 e. The minimum absolute atomic E-state index is 0.104. The van der Waals surface area contributed by atoms with E-state index in [1.54, 1.807) is 0 Å². The summed E-state index contributed by atoms with van der Waals surface area (Å²) in [7, 11) is -9.91. The Morgan fingerprint density at radius 2 is 0.505 bits per heavy atom. The van der Waals surface area contributed by atoms with Crippen LogP contribution in [0.5, 0.6) is 0 Å². The molecule has 0 rings (SSSR count). The maximum atomic E-state index is 13.1. The van der Waals surface area contributed by atoms with Gasteiger partial charge in [0.25, 0.3) is 0 Å². The number of phosphoric acid groups is 2. The van der Waals surface area contributed by atoms with Crippen molar-refractivity contribution in [2.45, 2.75) is 401 Å². The van der Waals surface area contributed by atoms with Gasteiger partial charge in [-0.25, -0.2) is 9.13 Å². The standard InChI is InChI=1S/C76H148O17P2/c1-9-68(7)54-46-38-30-26-27-33-43-51-59-76(81)93-72(63-87-74(79)57-49-41-35-34-39-47-55-69(8)10-2)65-91-95(84,85)89-61-70(77)60-88-94(82,83)90-64-71(92-75(80)58-50-42-32-25-21-17-19-23-29-37-45-53-67(5)6)62-86-73(78)56-48-40-31-24-20-16-14-12-11-13-15-18-22-28-36-44-52-66(3)4/h66-72,77H,9-65H2,1-8H3,(H,82,83)(H,84,85)/t68?,69?,70-,71-,72-/m1/s1. The van der Waals surface area contributed by atoms with Crippen LogP contribution in [0.2, 0.25) is 0 Å². The first kappa shape index (κ1) is 93.1. The van der Waals surface area contributed by atoms with E-state index in [4.69, 9.17) is 37.0 Å². The van der Waals surface area contributed by atoms with Crippen LogP contribution in [0.15, 0.2) is 0 Å². The molecule has 0 aromatic heterocycles. The van der Waals surface area contributed by atoms with Crippen molar-refractivity contribution < 1.29 is 80.2 Å². The number of ether oxygens (including phenoxy) is 4. The van der Waals surface area contributed by atoms with E-state index in [0.29, 0.717) is 25.7 Å². The van der Waals surface area contributed by atoms with E-state index in [-0.39, 0.29) is 25.7 Å². The number of rotatable bonds is 73. The number of hydrogen-bond donors (Lipinski definition) is 3. The van der Waals surface area contributed by atoms with Crippen molar-refractivity contribution >= 4 is 39.5 Å². The molecule has 0 aliphatic heterocycles. The first-order chi connectivity index (χ1) is 45.7. The van der Waals surface area contributed by atoms with E-state index < -0.39 is 97.5 Å². The summed E-state index contributed by atoms with van der Waals surface area (Å²) < 4.78 is 68.5. The number of esters is 4. The Hall–Kier alpha value is -1.94. The maximum absolute atomic E-state index is 13.1. The lowest BCUT2D eigenvalue weighted by molar-refractivity contribution is -0.161. The molecule has 0 aliphatic rings. The summed E-state index contributed by atoms with van der Waals surface area (Å²) in [6.45, 7) is 14.2. The average molecular weight is 1400 g/mol.